The molecule has 156 valence electrons. The number of benzene rings is 2. The average molecular weight is 426 g/mol. The lowest BCUT2D eigenvalue weighted by atomic mass is 9.87. The van der Waals surface area contributed by atoms with Crippen LogP contribution < -0.4 is 5.32 Å². The van der Waals surface area contributed by atoms with E-state index < -0.39 is 4.92 Å². The van der Waals surface area contributed by atoms with Gasteiger partial charge in [0.2, 0.25) is 5.91 Å². The number of hydrogen-bond acceptors (Lipinski definition) is 6. The number of thioether (sulfide) groups is 1. The third-order valence-corrected chi connectivity index (χ3v) is 5.54. The van der Waals surface area contributed by atoms with Crippen molar-refractivity contribution in [2.75, 3.05) is 11.1 Å². The number of aromatic nitrogens is 3. The highest BCUT2D eigenvalue weighted by atomic mass is 32.2. The second kappa shape index (κ2) is 8.66. The van der Waals surface area contributed by atoms with Crippen LogP contribution in [0.5, 0.6) is 0 Å². The normalized spacial score (nSPS) is 11.3. The van der Waals surface area contributed by atoms with Gasteiger partial charge in [0.15, 0.2) is 11.0 Å². The van der Waals surface area contributed by atoms with Gasteiger partial charge in [0.1, 0.15) is 0 Å². The summed E-state index contributed by atoms with van der Waals surface area (Å²) < 4.78 is 1.84. The summed E-state index contributed by atoms with van der Waals surface area (Å²) in [7, 11) is 1.85. The van der Waals surface area contributed by atoms with E-state index in [0.717, 1.165) is 11.4 Å². The first-order valence-corrected chi connectivity index (χ1v) is 10.3. The molecule has 3 aromatic rings. The predicted molar refractivity (Wildman–Crippen MR) is 118 cm³/mol. The number of non-ortho nitro benzene ring substituents is 1. The zero-order chi connectivity index (χ0) is 21.9. The van der Waals surface area contributed by atoms with Gasteiger partial charge in [-0.2, -0.15) is 0 Å². The van der Waals surface area contributed by atoms with Crippen LogP contribution in [0, 0.1) is 10.1 Å². The summed E-state index contributed by atoms with van der Waals surface area (Å²) in [5, 5.41) is 22.6. The molecule has 0 unspecified atom stereocenters. The van der Waals surface area contributed by atoms with Gasteiger partial charge in [-0.25, -0.2) is 0 Å². The van der Waals surface area contributed by atoms with Crippen LogP contribution in [0.25, 0.3) is 11.4 Å². The van der Waals surface area contributed by atoms with Crippen molar-refractivity contribution in [3.63, 3.8) is 0 Å². The SMILES string of the molecule is Cn1c(SCC(=O)Nc2cccc([N+](=O)[O-])c2)nnc1-c1ccc(C(C)(C)C)cc1. The summed E-state index contributed by atoms with van der Waals surface area (Å²) in [4.78, 5) is 22.6. The zero-order valence-corrected chi connectivity index (χ0v) is 18.1. The zero-order valence-electron chi connectivity index (χ0n) is 17.2. The largest absolute Gasteiger partial charge is 0.325 e. The molecule has 0 spiro atoms. The first-order valence-electron chi connectivity index (χ1n) is 9.32. The fourth-order valence-electron chi connectivity index (χ4n) is 2.84. The lowest BCUT2D eigenvalue weighted by molar-refractivity contribution is -0.384. The number of nitro benzene ring substituents is 1. The second-order valence-corrected chi connectivity index (χ2v) is 8.78. The van der Waals surface area contributed by atoms with Crippen LogP contribution in [0.2, 0.25) is 0 Å². The highest BCUT2D eigenvalue weighted by Crippen LogP contribution is 2.27. The Labute approximate surface area is 178 Å². The number of rotatable bonds is 6. The summed E-state index contributed by atoms with van der Waals surface area (Å²) in [5.41, 5.74) is 2.57. The molecule has 9 heteroatoms. The van der Waals surface area contributed by atoms with Crippen molar-refractivity contribution in [2.45, 2.75) is 31.3 Å². The van der Waals surface area contributed by atoms with E-state index in [4.69, 9.17) is 0 Å². The molecule has 1 aromatic heterocycles. The van der Waals surface area contributed by atoms with Gasteiger partial charge in [-0.3, -0.25) is 14.9 Å². The molecule has 0 fully saturated rings. The third kappa shape index (κ3) is 5.04. The maximum absolute atomic E-state index is 12.2. The third-order valence-electron chi connectivity index (χ3n) is 4.52. The number of carbonyl (C=O) groups is 1. The van der Waals surface area contributed by atoms with Gasteiger partial charge in [0.05, 0.1) is 10.7 Å². The molecule has 1 amide bonds. The highest BCUT2D eigenvalue weighted by molar-refractivity contribution is 7.99. The van der Waals surface area contributed by atoms with E-state index in [1.165, 1.54) is 35.5 Å². The molecule has 0 aliphatic carbocycles. The smallest absolute Gasteiger partial charge is 0.271 e. The molecular formula is C21H23N5O3S. The van der Waals surface area contributed by atoms with Crippen LogP contribution in [0.3, 0.4) is 0 Å². The van der Waals surface area contributed by atoms with Crippen LogP contribution in [0.4, 0.5) is 11.4 Å². The van der Waals surface area contributed by atoms with Crippen LogP contribution in [-0.4, -0.2) is 31.3 Å². The molecule has 30 heavy (non-hydrogen) atoms. The molecule has 0 saturated heterocycles. The molecule has 0 atom stereocenters. The van der Waals surface area contributed by atoms with Crippen LogP contribution in [0.1, 0.15) is 26.3 Å². The topological polar surface area (TPSA) is 103 Å². The molecule has 1 N–H and O–H groups in total. The van der Waals surface area contributed by atoms with Gasteiger partial charge < -0.3 is 9.88 Å². The van der Waals surface area contributed by atoms with E-state index in [1.807, 2.05) is 23.7 Å². The summed E-state index contributed by atoms with van der Waals surface area (Å²) in [6.45, 7) is 6.49. The van der Waals surface area contributed by atoms with Crippen LogP contribution in [-0.2, 0) is 17.3 Å². The molecule has 0 bridgehead atoms. The molecule has 2 aromatic carbocycles. The minimum Gasteiger partial charge on any atom is -0.325 e. The van der Waals surface area contributed by atoms with Crippen molar-refractivity contribution in [3.05, 3.63) is 64.2 Å². The minimum absolute atomic E-state index is 0.0733. The lowest BCUT2D eigenvalue weighted by Gasteiger charge is -2.19. The van der Waals surface area contributed by atoms with Gasteiger partial charge in [0, 0.05) is 30.4 Å². The summed E-state index contributed by atoms with van der Waals surface area (Å²) in [6, 6.07) is 14.1. The number of nitrogens with one attached hydrogen (secondary N) is 1. The maximum atomic E-state index is 12.2. The van der Waals surface area contributed by atoms with E-state index >= 15 is 0 Å². The number of nitro groups is 1. The van der Waals surface area contributed by atoms with Gasteiger partial charge >= 0.3 is 0 Å². The van der Waals surface area contributed by atoms with Crippen molar-refractivity contribution >= 4 is 29.0 Å². The van der Waals surface area contributed by atoms with Crippen molar-refractivity contribution in [3.8, 4) is 11.4 Å². The van der Waals surface area contributed by atoms with E-state index in [-0.39, 0.29) is 22.8 Å². The van der Waals surface area contributed by atoms with Gasteiger partial charge in [0.25, 0.3) is 5.69 Å². The monoisotopic (exact) mass is 425 g/mol. The molecule has 0 saturated carbocycles. The number of hydrogen-bond donors (Lipinski definition) is 1. The molecule has 0 aliphatic heterocycles. The number of amides is 1. The molecule has 1 heterocycles. The van der Waals surface area contributed by atoms with Crippen molar-refractivity contribution in [2.24, 2.45) is 7.05 Å². The Kier molecular flexibility index (Phi) is 6.21. The van der Waals surface area contributed by atoms with Crippen LogP contribution >= 0.6 is 11.8 Å². The van der Waals surface area contributed by atoms with Gasteiger partial charge in [-0.15, -0.1) is 10.2 Å². The quantitative estimate of drug-likeness (QED) is 0.356. The molecule has 3 rings (SSSR count). The number of anilines is 1. The Balaban J connectivity index is 1.64. The number of carbonyl (C=O) groups excluding carboxylic acids is 1. The first-order chi connectivity index (χ1) is 14.1. The average Bonchev–Trinajstić information content (AvgIpc) is 3.06. The molecule has 0 radical (unpaired) electrons. The van der Waals surface area contributed by atoms with E-state index in [1.54, 1.807) is 6.07 Å². The van der Waals surface area contributed by atoms with Crippen molar-refractivity contribution in [1.29, 1.82) is 0 Å². The van der Waals surface area contributed by atoms with Crippen molar-refractivity contribution in [1.82, 2.24) is 14.8 Å². The fourth-order valence-corrected chi connectivity index (χ4v) is 3.55. The minimum atomic E-state index is -0.500. The first kappa shape index (κ1) is 21.5. The molecule has 0 aliphatic rings. The molecule has 8 nitrogen and oxygen atoms in total. The molecular weight excluding hydrogens is 402 g/mol. The van der Waals surface area contributed by atoms with Crippen LogP contribution in [0.15, 0.2) is 53.7 Å². The summed E-state index contributed by atoms with van der Waals surface area (Å²) >= 11 is 1.25. The highest BCUT2D eigenvalue weighted by Gasteiger charge is 2.16. The Hall–Kier alpha value is -3.20. The Bertz CT molecular complexity index is 1070. The van der Waals surface area contributed by atoms with Gasteiger partial charge in [-0.1, -0.05) is 62.9 Å². The fraction of sp³-hybridized carbons (Fsp3) is 0.286. The van der Waals surface area contributed by atoms with E-state index in [2.05, 4.69) is 48.4 Å². The maximum Gasteiger partial charge on any atom is 0.271 e. The Morgan fingerprint density at radius 3 is 2.50 bits per heavy atom. The Morgan fingerprint density at radius 1 is 1.17 bits per heavy atom. The van der Waals surface area contributed by atoms with Crippen molar-refractivity contribution < 1.29 is 9.72 Å². The second-order valence-electron chi connectivity index (χ2n) is 7.84. The van der Waals surface area contributed by atoms with E-state index in [0.29, 0.717) is 10.8 Å². The number of nitrogens with zero attached hydrogens (tertiary/aromatic N) is 4. The standard InChI is InChI=1S/C21H23N5O3S/c1-21(2,3)15-10-8-14(9-11-15)19-23-24-20(25(19)4)30-13-18(27)22-16-6-5-7-17(12-16)26(28)29/h5-12H,13H2,1-4H3,(H,22,27). The summed E-state index contributed by atoms with van der Waals surface area (Å²) in [5.74, 6) is 0.550. The predicted octanol–water partition coefficient (Wildman–Crippen LogP) is 4.42. The van der Waals surface area contributed by atoms with E-state index in [9.17, 15) is 14.9 Å². The summed E-state index contributed by atoms with van der Waals surface area (Å²) in [6.07, 6.45) is 0. The Morgan fingerprint density at radius 2 is 1.87 bits per heavy atom. The van der Waals surface area contributed by atoms with Gasteiger partial charge in [-0.05, 0) is 17.0 Å². The lowest BCUT2D eigenvalue weighted by Crippen LogP contribution is -2.14.